The molecule has 0 bridgehead atoms. The molecule has 4 nitrogen and oxygen atoms in total. The maximum absolute atomic E-state index is 9.86. The molecule has 1 aromatic rings. The van der Waals surface area contributed by atoms with Crippen LogP contribution in [0.25, 0.3) is 0 Å². The van der Waals surface area contributed by atoms with E-state index < -0.39 is 0 Å². The highest BCUT2D eigenvalue weighted by molar-refractivity contribution is 5.39. The molecule has 106 valence electrons. The van der Waals surface area contributed by atoms with E-state index in [1.54, 1.807) is 7.11 Å². The zero-order valence-corrected chi connectivity index (χ0v) is 11.7. The summed E-state index contributed by atoms with van der Waals surface area (Å²) in [4.78, 5) is 2.11. The monoisotopic (exact) mass is 265 g/mol. The quantitative estimate of drug-likeness (QED) is 0.778. The largest absolute Gasteiger partial charge is 0.493 e. The molecule has 1 aliphatic carbocycles. The molecule has 0 spiro atoms. The second-order valence-electron chi connectivity index (χ2n) is 5.17. The lowest BCUT2D eigenvalue weighted by Gasteiger charge is -2.20. The summed E-state index contributed by atoms with van der Waals surface area (Å²) in [7, 11) is 3.65. The predicted octanol–water partition coefficient (Wildman–Crippen LogP) is 1.78. The van der Waals surface area contributed by atoms with Crippen LogP contribution in [-0.2, 0) is 0 Å². The van der Waals surface area contributed by atoms with Gasteiger partial charge in [0.05, 0.1) is 13.2 Å². The number of likely N-dealkylation sites (N-methyl/N-ethyl adjacent to an activating group) is 1. The molecule has 1 aromatic carbocycles. The van der Waals surface area contributed by atoms with Gasteiger partial charge in [0.2, 0.25) is 0 Å². The first-order valence-electron chi connectivity index (χ1n) is 6.83. The van der Waals surface area contributed by atoms with Crippen molar-refractivity contribution in [1.82, 2.24) is 4.90 Å². The van der Waals surface area contributed by atoms with Crippen molar-refractivity contribution < 1.29 is 14.6 Å². The van der Waals surface area contributed by atoms with Gasteiger partial charge in [-0.3, -0.25) is 0 Å². The number of nitrogens with zero attached hydrogens (tertiary/aromatic N) is 1. The van der Waals surface area contributed by atoms with Gasteiger partial charge in [0.1, 0.15) is 6.61 Å². The van der Waals surface area contributed by atoms with E-state index >= 15 is 0 Å². The maximum Gasteiger partial charge on any atom is 0.161 e. The van der Waals surface area contributed by atoms with Crippen LogP contribution in [0.3, 0.4) is 0 Å². The van der Waals surface area contributed by atoms with Gasteiger partial charge in [0.15, 0.2) is 11.5 Å². The summed E-state index contributed by atoms with van der Waals surface area (Å²) in [6.07, 6.45) is 2.16. The average Bonchev–Trinajstić information content (AvgIpc) is 3.23. The van der Waals surface area contributed by atoms with E-state index in [4.69, 9.17) is 9.47 Å². The Balaban J connectivity index is 1.70. The molecular formula is C15H23NO3. The van der Waals surface area contributed by atoms with Crippen molar-refractivity contribution >= 4 is 0 Å². The van der Waals surface area contributed by atoms with Crippen molar-refractivity contribution in [3.8, 4) is 11.5 Å². The van der Waals surface area contributed by atoms with E-state index in [2.05, 4.69) is 4.90 Å². The third kappa shape index (κ3) is 4.40. The predicted molar refractivity (Wildman–Crippen MR) is 74.7 cm³/mol. The fourth-order valence-corrected chi connectivity index (χ4v) is 2.09. The van der Waals surface area contributed by atoms with Gasteiger partial charge >= 0.3 is 0 Å². The third-order valence-corrected chi connectivity index (χ3v) is 3.46. The van der Waals surface area contributed by atoms with Gasteiger partial charge in [-0.1, -0.05) is 12.1 Å². The van der Waals surface area contributed by atoms with E-state index in [1.807, 2.05) is 31.3 Å². The molecule has 0 radical (unpaired) electrons. The molecule has 1 aliphatic rings. The van der Waals surface area contributed by atoms with Crippen LogP contribution in [0, 0.1) is 5.92 Å². The summed E-state index contributed by atoms with van der Waals surface area (Å²) in [5, 5.41) is 9.86. The van der Waals surface area contributed by atoms with E-state index in [0.29, 0.717) is 12.5 Å². The Morgan fingerprint density at radius 1 is 1.32 bits per heavy atom. The van der Waals surface area contributed by atoms with Crippen LogP contribution in [0.1, 0.15) is 12.8 Å². The number of rotatable bonds is 8. The fourth-order valence-electron chi connectivity index (χ4n) is 2.09. The Hall–Kier alpha value is -1.26. The smallest absolute Gasteiger partial charge is 0.161 e. The number of hydrogen-bond acceptors (Lipinski definition) is 4. The van der Waals surface area contributed by atoms with Gasteiger partial charge in [-0.05, 0) is 37.9 Å². The summed E-state index contributed by atoms with van der Waals surface area (Å²) in [6.45, 7) is 2.11. The summed E-state index contributed by atoms with van der Waals surface area (Å²) in [5.41, 5.74) is 0. The number of aliphatic hydroxyl groups is 1. The fraction of sp³-hybridized carbons (Fsp3) is 0.600. The molecule has 0 amide bonds. The number of methoxy groups -OCH3 is 1. The minimum Gasteiger partial charge on any atom is -0.493 e. The number of benzene rings is 1. The third-order valence-electron chi connectivity index (χ3n) is 3.46. The Morgan fingerprint density at radius 2 is 2.00 bits per heavy atom. The van der Waals surface area contributed by atoms with E-state index in [0.717, 1.165) is 24.6 Å². The molecule has 4 heteroatoms. The molecule has 1 unspecified atom stereocenters. The number of para-hydroxylation sites is 2. The van der Waals surface area contributed by atoms with Crippen molar-refractivity contribution in [2.45, 2.75) is 18.9 Å². The van der Waals surface area contributed by atoms with Crippen molar-refractivity contribution in [1.29, 1.82) is 0 Å². The SMILES string of the molecule is COc1ccccc1OCCN(C)CC(O)C1CC1. The Labute approximate surface area is 114 Å². The minimum absolute atomic E-state index is 0.184. The molecule has 0 aliphatic heterocycles. The molecule has 1 fully saturated rings. The van der Waals surface area contributed by atoms with Crippen LogP contribution < -0.4 is 9.47 Å². The molecular weight excluding hydrogens is 242 g/mol. The van der Waals surface area contributed by atoms with E-state index in [1.165, 1.54) is 12.8 Å². The van der Waals surface area contributed by atoms with E-state index in [9.17, 15) is 5.11 Å². The highest BCUT2D eigenvalue weighted by Crippen LogP contribution is 2.32. The van der Waals surface area contributed by atoms with Crippen molar-refractivity contribution in [2.75, 3.05) is 33.9 Å². The molecule has 1 N–H and O–H groups in total. The van der Waals surface area contributed by atoms with Crippen LogP contribution in [-0.4, -0.2) is 50.0 Å². The van der Waals surface area contributed by atoms with Crippen LogP contribution in [0.5, 0.6) is 11.5 Å². The number of hydrogen-bond donors (Lipinski definition) is 1. The van der Waals surface area contributed by atoms with Gasteiger partial charge in [-0.15, -0.1) is 0 Å². The zero-order chi connectivity index (χ0) is 13.7. The number of ether oxygens (including phenoxy) is 2. The molecule has 1 atom stereocenters. The summed E-state index contributed by atoms with van der Waals surface area (Å²) in [5.74, 6) is 2.04. The lowest BCUT2D eigenvalue weighted by atomic mass is 10.2. The Morgan fingerprint density at radius 3 is 2.63 bits per heavy atom. The normalized spacial score (nSPS) is 16.4. The second-order valence-corrected chi connectivity index (χ2v) is 5.17. The lowest BCUT2D eigenvalue weighted by molar-refractivity contribution is 0.0995. The topological polar surface area (TPSA) is 41.9 Å². The minimum atomic E-state index is -0.184. The van der Waals surface area contributed by atoms with Crippen LogP contribution in [0.15, 0.2) is 24.3 Å². The number of aliphatic hydroxyl groups excluding tert-OH is 1. The van der Waals surface area contributed by atoms with Crippen molar-refractivity contribution in [3.63, 3.8) is 0 Å². The standard InChI is InChI=1S/C15H23NO3/c1-16(11-13(17)12-7-8-12)9-10-19-15-6-4-3-5-14(15)18-2/h3-6,12-13,17H,7-11H2,1-2H3. The first kappa shape index (κ1) is 14.2. The van der Waals surface area contributed by atoms with Gasteiger partial charge in [-0.25, -0.2) is 0 Å². The van der Waals surface area contributed by atoms with Crippen LogP contribution >= 0.6 is 0 Å². The van der Waals surface area contributed by atoms with Crippen LogP contribution in [0.4, 0.5) is 0 Å². The molecule has 0 aromatic heterocycles. The average molecular weight is 265 g/mol. The highest BCUT2D eigenvalue weighted by atomic mass is 16.5. The second kappa shape index (κ2) is 6.78. The van der Waals surface area contributed by atoms with Gasteiger partial charge in [-0.2, -0.15) is 0 Å². The Bertz CT molecular complexity index is 393. The maximum atomic E-state index is 9.86. The van der Waals surface area contributed by atoms with Gasteiger partial charge < -0.3 is 19.5 Å². The zero-order valence-electron chi connectivity index (χ0n) is 11.7. The lowest BCUT2D eigenvalue weighted by Crippen LogP contribution is -2.33. The van der Waals surface area contributed by atoms with Gasteiger partial charge in [0.25, 0.3) is 0 Å². The van der Waals surface area contributed by atoms with Crippen molar-refractivity contribution in [2.24, 2.45) is 5.92 Å². The molecule has 0 saturated heterocycles. The van der Waals surface area contributed by atoms with Crippen molar-refractivity contribution in [3.05, 3.63) is 24.3 Å². The molecule has 19 heavy (non-hydrogen) atoms. The van der Waals surface area contributed by atoms with Gasteiger partial charge in [0, 0.05) is 13.1 Å². The highest BCUT2D eigenvalue weighted by Gasteiger charge is 2.30. The summed E-state index contributed by atoms with van der Waals surface area (Å²) in [6, 6.07) is 7.63. The van der Waals surface area contributed by atoms with E-state index in [-0.39, 0.29) is 6.10 Å². The first-order chi connectivity index (χ1) is 9.20. The molecule has 1 saturated carbocycles. The Kier molecular flexibility index (Phi) is 5.05. The first-order valence-corrected chi connectivity index (χ1v) is 6.83. The molecule has 0 heterocycles. The summed E-state index contributed by atoms with van der Waals surface area (Å²) < 4.78 is 10.9. The summed E-state index contributed by atoms with van der Waals surface area (Å²) >= 11 is 0. The molecule has 2 rings (SSSR count). The van der Waals surface area contributed by atoms with Crippen LogP contribution in [0.2, 0.25) is 0 Å².